The smallest absolute Gasteiger partial charge is 0.270 e. The van der Waals surface area contributed by atoms with Crippen LogP contribution in [0.3, 0.4) is 0 Å². The molecule has 2 amide bonds. The molecule has 0 saturated carbocycles. The standard InChI is InChI=1S/C28H29N7O4/c1-19-3-5-20(6-4-19)27(37)34(2)28-31-24-17-21(7-8-23(24)32-33-28)39-22-9-10-29-25(18-22)26(36)30-11-12-35-13-15-38-16-14-35/h3-10,17-18H,11-16H2,1-2H3,(H,30,36). The first-order valence-electron chi connectivity index (χ1n) is 12.7. The van der Waals surface area contributed by atoms with Crippen molar-refractivity contribution >= 4 is 28.8 Å². The fourth-order valence-electron chi connectivity index (χ4n) is 4.07. The molecule has 0 unspecified atom stereocenters. The second-order valence-electron chi connectivity index (χ2n) is 9.18. The number of rotatable bonds is 8. The lowest BCUT2D eigenvalue weighted by Gasteiger charge is -2.26. The van der Waals surface area contributed by atoms with E-state index in [2.05, 4.69) is 30.4 Å². The largest absolute Gasteiger partial charge is 0.457 e. The number of anilines is 1. The third kappa shape index (κ3) is 6.51. The van der Waals surface area contributed by atoms with E-state index in [1.807, 2.05) is 19.1 Å². The van der Waals surface area contributed by atoms with Crippen LogP contribution in [0.5, 0.6) is 11.5 Å². The van der Waals surface area contributed by atoms with Gasteiger partial charge in [-0.2, -0.15) is 0 Å². The zero-order valence-electron chi connectivity index (χ0n) is 21.8. The summed E-state index contributed by atoms with van der Waals surface area (Å²) < 4.78 is 11.3. The number of nitrogens with zero attached hydrogens (tertiary/aromatic N) is 6. The number of morpholine rings is 1. The lowest BCUT2D eigenvalue weighted by atomic mass is 10.1. The number of hydrogen-bond acceptors (Lipinski definition) is 9. The fraction of sp³-hybridized carbons (Fsp3) is 0.286. The Hall–Kier alpha value is -4.48. The summed E-state index contributed by atoms with van der Waals surface area (Å²) in [4.78, 5) is 37.8. The molecule has 0 radical (unpaired) electrons. The van der Waals surface area contributed by atoms with Gasteiger partial charge < -0.3 is 14.8 Å². The molecular weight excluding hydrogens is 498 g/mol. The van der Waals surface area contributed by atoms with Crippen molar-refractivity contribution in [1.29, 1.82) is 0 Å². The second-order valence-corrected chi connectivity index (χ2v) is 9.18. The Morgan fingerprint density at radius 3 is 2.56 bits per heavy atom. The van der Waals surface area contributed by atoms with Crippen LogP contribution in [0.15, 0.2) is 60.8 Å². The van der Waals surface area contributed by atoms with Crippen LogP contribution in [0.2, 0.25) is 0 Å². The number of carbonyl (C=O) groups is 2. The SMILES string of the molecule is Cc1ccc(C(=O)N(C)c2nnc3ccc(Oc4ccnc(C(=O)NCCN5CCOCC5)c4)cc3n2)cc1. The topological polar surface area (TPSA) is 123 Å². The molecule has 3 heterocycles. The van der Waals surface area contributed by atoms with Crippen molar-refractivity contribution in [2.45, 2.75) is 6.92 Å². The Balaban J connectivity index is 1.25. The lowest BCUT2D eigenvalue weighted by molar-refractivity contribution is 0.0383. The van der Waals surface area contributed by atoms with Crippen LogP contribution in [0.25, 0.3) is 11.0 Å². The maximum atomic E-state index is 12.9. The van der Waals surface area contributed by atoms with Gasteiger partial charge in [0.2, 0.25) is 0 Å². The number of ether oxygens (including phenoxy) is 2. The Labute approximate surface area is 225 Å². The monoisotopic (exact) mass is 527 g/mol. The summed E-state index contributed by atoms with van der Waals surface area (Å²) in [6.07, 6.45) is 1.53. The lowest BCUT2D eigenvalue weighted by Crippen LogP contribution is -2.41. The van der Waals surface area contributed by atoms with Crippen molar-refractivity contribution in [1.82, 2.24) is 30.4 Å². The van der Waals surface area contributed by atoms with E-state index in [1.54, 1.807) is 49.5 Å². The van der Waals surface area contributed by atoms with Gasteiger partial charge in [-0.3, -0.25) is 24.4 Å². The van der Waals surface area contributed by atoms with Crippen LogP contribution >= 0.6 is 0 Å². The molecule has 0 spiro atoms. The summed E-state index contributed by atoms with van der Waals surface area (Å²) in [7, 11) is 1.61. The van der Waals surface area contributed by atoms with Gasteiger partial charge in [0.05, 0.1) is 18.7 Å². The number of nitrogens with one attached hydrogen (secondary N) is 1. The maximum absolute atomic E-state index is 12.9. The van der Waals surface area contributed by atoms with Gasteiger partial charge in [0.15, 0.2) is 0 Å². The molecule has 0 atom stereocenters. The minimum absolute atomic E-state index is 0.171. The summed E-state index contributed by atoms with van der Waals surface area (Å²) in [5.41, 5.74) is 2.92. The Morgan fingerprint density at radius 1 is 1.00 bits per heavy atom. The zero-order chi connectivity index (χ0) is 27.2. The fourth-order valence-corrected chi connectivity index (χ4v) is 4.07. The Morgan fingerprint density at radius 2 is 1.77 bits per heavy atom. The van der Waals surface area contributed by atoms with Crippen LogP contribution in [0, 0.1) is 6.92 Å². The van der Waals surface area contributed by atoms with Gasteiger partial charge in [-0.25, -0.2) is 4.98 Å². The molecule has 1 fully saturated rings. The predicted octanol–water partition coefficient (Wildman–Crippen LogP) is 2.86. The number of carbonyl (C=O) groups excluding carboxylic acids is 2. The van der Waals surface area contributed by atoms with Crippen LogP contribution in [0.1, 0.15) is 26.4 Å². The van der Waals surface area contributed by atoms with Crippen molar-refractivity contribution < 1.29 is 19.1 Å². The van der Waals surface area contributed by atoms with Gasteiger partial charge in [-0.15, -0.1) is 10.2 Å². The number of benzene rings is 2. The molecular formula is C28H29N7O4. The average Bonchev–Trinajstić information content (AvgIpc) is 2.97. The summed E-state index contributed by atoms with van der Waals surface area (Å²) in [5.74, 6) is 0.610. The molecule has 5 rings (SSSR count). The van der Waals surface area contributed by atoms with E-state index >= 15 is 0 Å². The number of pyridine rings is 1. The quantitative estimate of drug-likeness (QED) is 0.368. The first-order chi connectivity index (χ1) is 19.0. The van der Waals surface area contributed by atoms with Gasteiger partial charge in [0.25, 0.3) is 17.8 Å². The van der Waals surface area contributed by atoms with E-state index < -0.39 is 0 Å². The van der Waals surface area contributed by atoms with Gasteiger partial charge in [-0.05, 0) is 37.3 Å². The highest BCUT2D eigenvalue weighted by Gasteiger charge is 2.17. The van der Waals surface area contributed by atoms with E-state index in [-0.39, 0.29) is 23.5 Å². The Bertz CT molecular complexity index is 1470. The van der Waals surface area contributed by atoms with E-state index in [9.17, 15) is 9.59 Å². The molecule has 11 nitrogen and oxygen atoms in total. The first-order valence-corrected chi connectivity index (χ1v) is 12.7. The molecule has 11 heteroatoms. The molecule has 2 aromatic carbocycles. The van der Waals surface area contributed by atoms with Crippen molar-refractivity contribution in [3.05, 3.63) is 77.6 Å². The van der Waals surface area contributed by atoms with Crippen LogP contribution in [-0.2, 0) is 4.74 Å². The highest BCUT2D eigenvalue weighted by molar-refractivity contribution is 6.05. The van der Waals surface area contributed by atoms with Crippen molar-refractivity contribution in [3.8, 4) is 11.5 Å². The molecule has 0 aliphatic carbocycles. The van der Waals surface area contributed by atoms with Crippen LogP contribution < -0.4 is 15.0 Å². The number of hydrogen-bond donors (Lipinski definition) is 1. The summed E-state index contributed by atoms with van der Waals surface area (Å²) in [6, 6.07) is 15.7. The normalized spacial score (nSPS) is 13.7. The average molecular weight is 528 g/mol. The maximum Gasteiger partial charge on any atom is 0.270 e. The van der Waals surface area contributed by atoms with Gasteiger partial charge >= 0.3 is 0 Å². The molecule has 1 aliphatic heterocycles. The van der Waals surface area contributed by atoms with Gasteiger partial charge in [0.1, 0.15) is 22.7 Å². The molecule has 0 bridgehead atoms. The van der Waals surface area contributed by atoms with Crippen molar-refractivity contribution in [3.63, 3.8) is 0 Å². The molecule has 4 aromatic rings. The number of aromatic nitrogens is 4. The predicted molar refractivity (Wildman–Crippen MR) is 145 cm³/mol. The molecule has 1 saturated heterocycles. The van der Waals surface area contributed by atoms with E-state index in [1.165, 1.54) is 11.1 Å². The first kappa shape index (κ1) is 26.1. The zero-order valence-corrected chi connectivity index (χ0v) is 21.8. The summed E-state index contributed by atoms with van der Waals surface area (Å²) >= 11 is 0. The minimum atomic E-state index is -0.268. The number of aryl methyl sites for hydroxylation is 1. The molecule has 1 aliphatic rings. The van der Waals surface area contributed by atoms with Crippen molar-refractivity contribution in [2.75, 3.05) is 51.3 Å². The van der Waals surface area contributed by atoms with Crippen molar-refractivity contribution in [2.24, 2.45) is 0 Å². The van der Waals surface area contributed by atoms with E-state index in [0.717, 1.165) is 38.4 Å². The molecule has 200 valence electrons. The highest BCUT2D eigenvalue weighted by atomic mass is 16.5. The van der Waals surface area contributed by atoms with E-state index in [4.69, 9.17) is 9.47 Å². The number of fused-ring (bicyclic) bond motifs is 1. The van der Waals surface area contributed by atoms with Gasteiger partial charge in [-0.1, -0.05) is 17.7 Å². The molecule has 1 N–H and O–H groups in total. The minimum Gasteiger partial charge on any atom is -0.457 e. The third-order valence-corrected chi connectivity index (χ3v) is 6.33. The van der Waals surface area contributed by atoms with E-state index in [0.29, 0.717) is 34.6 Å². The van der Waals surface area contributed by atoms with Crippen LogP contribution in [0.4, 0.5) is 5.95 Å². The summed E-state index contributed by atoms with van der Waals surface area (Å²) in [5, 5.41) is 11.2. The Kier molecular flexibility index (Phi) is 7.99. The molecule has 39 heavy (non-hydrogen) atoms. The van der Waals surface area contributed by atoms with Gasteiger partial charge in [0, 0.05) is 57.1 Å². The number of amides is 2. The third-order valence-electron chi connectivity index (χ3n) is 6.33. The highest BCUT2D eigenvalue weighted by Crippen LogP contribution is 2.25. The summed E-state index contributed by atoms with van der Waals surface area (Å²) in [6.45, 7) is 6.40. The second kappa shape index (κ2) is 11.9. The van der Waals surface area contributed by atoms with Crippen LogP contribution in [-0.4, -0.2) is 83.3 Å². The molecule has 2 aromatic heterocycles.